The number of nitrogens with zero attached hydrogens (tertiary/aromatic N) is 1. The van der Waals surface area contributed by atoms with Crippen molar-refractivity contribution >= 4 is 17.8 Å². The fourth-order valence-corrected chi connectivity index (χ4v) is 5.59. The second-order valence-electron chi connectivity index (χ2n) is 11.2. The number of carboxylic acid groups (broad SMARTS) is 1. The van der Waals surface area contributed by atoms with Crippen LogP contribution in [0.1, 0.15) is 27.0 Å². The van der Waals surface area contributed by atoms with Crippen LogP contribution in [-0.2, 0) is 29.1 Å². The molecule has 2 amide bonds. The fraction of sp³-hybridized carbons (Fsp3) is 0.229. The number of likely N-dealkylation sites (tertiary alicyclic amines) is 1. The van der Waals surface area contributed by atoms with Gasteiger partial charge in [0.1, 0.15) is 23.4 Å². The van der Waals surface area contributed by atoms with Crippen LogP contribution in [0.15, 0.2) is 91.0 Å². The number of benzene rings is 4. The molecular weight excluding hydrogens is 577 g/mol. The topological polar surface area (TPSA) is 117 Å². The van der Waals surface area contributed by atoms with E-state index in [1.165, 1.54) is 12.1 Å². The summed E-state index contributed by atoms with van der Waals surface area (Å²) in [6.07, 6.45) is -0.479. The molecule has 3 aliphatic rings. The molecule has 6 bridgehead atoms. The summed E-state index contributed by atoms with van der Waals surface area (Å²) in [7, 11) is 0. The lowest BCUT2D eigenvalue weighted by atomic mass is 10.0. The molecule has 1 fully saturated rings. The van der Waals surface area contributed by atoms with E-state index >= 15 is 4.39 Å². The summed E-state index contributed by atoms with van der Waals surface area (Å²) in [5.74, 6) is -1.30. The summed E-state index contributed by atoms with van der Waals surface area (Å²) < 4.78 is 27.1. The zero-order valence-electron chi connectivity index (χ0n) is 24.4. The second kappa shape index (κ2) is 13.2. The smallest absolute Gasteiger partial charge is 0.307 e. The van der Waals surface area contributed by atoms with Crippen LogP contribution < -0.4 is 20.1 Å². The predicted molar refractivity (Wildman–Crippen MR) is 164 cm³/mol. The van der Waals surface area contributed by atoms with Crippen molar-refractivity contribution in [3.05, 3.63) is 119 Å². The number of nitrogens with one attached hydrogen (secondary N) is 2. The van der Waals surface area contributed by atoms with E-state index in [1.807, 2.05) is 42.5 Å². The largest absolute Gasteiger partial charge is 0.487 e. The average molecular weight is 610 g/mol. The van der Waals surface area contributed by atoms with Gasteiger partial charge in [0, 0.05) is 26.2 Å². The van der Waals surface area contributed by atoms with Crippen LogP contribution in [0, 0.1) is 5.82 Å². The number of aliphatic carboxylic acids is 1. The minimum Gasteiger partial charge on any atom is -0.487 e. The number of ether oxygens (including phenoxy) is 2. The highest BCUT2D eigenvalue weighted by molar-refractivity contribution is 5.96. The first kappa shape index (κ1) is 29.8. The lowest BCUT2D eigenvalue weighted by Crippen LogP contribution is -2.45. The summed E-state index contributed by atoms with van der Waals surface area (Å²) in [6, 6.07) is 25.7. The zero-order valence-corrected chi connectivity index (χ0v) is 24.4. The minimum absolute atomic E-state index is 0.0455. The predicted octanol–water partition coefficient (Wildman–Crippen LogP) is 4.19. The van der Waals surface area contributed by atoms with E-state index in [1.54, 1.807) is 36.4 Å². The van der Waals surface area contributed by atoms with Gasteiger partial charge in [-0.25, -0.2) is 4.39 Å². The van der Waals surface area contributed by atoms with Gasteiger partial charge in [-0.2, -0.15) is 0 Å². The number of amides is 2. The maximum atomic E-state index is 15.1. The molecule has 0 spiro atoms. The Morgan fingerprint density at radius 1 is 0.889 bits per heavy atom. The maximum absolute atomic E-state index is 15.1. The molecule has 1 saturated heterocycles. The molecule has 0 aromatic heterocycles. The first-order valence-electron chi connectivity index (χ1n) is 14.7. The Kier molecular flexibility index (Phi) is 8.74. The van der Waals surface area contributed by atoms with E-state index in [-0.39, 0.29) is 24.5 Å². The third kappa shape index (κ3) is 7.47. The van der Waals surface area contributed by atoms with Gasteiger partial charge < -0.3 is 25.2 Å². The molecule has 3 aliphatic heterocycles. The number of fused-ring (bicyclic) bond motifs is 7. The molecule has 230 valence electrons. The van der Waals surface area contributed by atoms with Gasteiger partial charge in [0.05, 0.1) is 18.0 Å². The number of rotatable bonds is 4. The summed E-state index contributed by atoms with van der Waals surface area (Å²) in [4.78, 5) is 39.2. The van der Waals surface area contributed by atoms with Crippen LogP contribution in [0.2, 0.25) is 0 Å². The number of halogens is 1. The molecule has 10 heteroatoms. The van der Waals surface area contributed by atoms with E-state index in [2.05, 4.69) is 15.5 Å². The third-order valence-electron chi connectivity index (χ3n) is 7.89. The van der Waals surface area contributed by atoms with E-state index < -0.39 is 29.8 Å². The number of carbonyl (C=O) groups excluding carboxylic acids is 2. The Balaban J connectivity index is 1.28. The molecule has 4 aromatic carbocycles. The Hall–Kier alpha value is -5.22. The zero-order chi connectivity index (χ0) is 31.3. The fourth-order valence-electron chi connectivity index (χ4n) is 5.59. The molecule has 45 heavy (non-hydrogen) atoms. The number of hydrogen-bond donors (Lipinski definition) is 3. The molecule has 0 radical (unpaired) electrons. The van der Waals surface area contributed by atoms with Crippen LogP contribution in [0.25, 0.3) is 11.1 Å². The highest BCUT2D eigenvalue weighted by Gasteiger charge is 2.36. The molecule has 0 unspecified atom stereocenters. The molecule has 3 N–H and O–H groups in total. The summed E-state index contributed by atoms with van der Waals surface area (Å²) in [5.41, 5.74) is 3.82. The van der Waals surface area contributed by atoms with Crippen molar-refractivity contribution in [1.29, 1.82) is 0 Å². The molecule has 4 aromatic rings. The Labute approximate surface area is 259 Å². The normalized spacial score (nSPS) is 18.6. The van der Waals surface area contributed by atoms with Crippen LogP contribution in [0.3, 0.4) is 0 Å². The van der Waals surface area contributed by atoms with Crippen LogP contribution >= 0.6 is 0 Å². The van der Waals surface area contributed by atoms with Gasteiger partial charge in [0.2, 0.25) is 0 Å². The van der Waals surface area contributed by atoms with Gasteiger partial charge in [-0.05, 0) is 64.2 Å². The first-order chi connectivity index (χ1) is 21.8. The molecule has 2 atom stereocenters. The van der Waals surface area contributed by atoms with E-state index in [9.17, 15) is 14.4 Å². The first-order valence-corrected chi connectivity index (χ1v) is 14.7. The highest BCUT2D eigenvalue weighted by Crippen LogP contribution is 2.27. The van der Waals surface area contributed by atoms with Crippen LogP contribution in [0.5, 0.6) is 11.5 Å². The van der Waals surface area contributed by atoms with Crippen molar-refractivity contribution in [1.82, 2.24) is 15.5 Å². The Morgan fingerprint density at radius 3 is 2.42 bits per heavy atom. The number of carbonyl (C=O) groups is 3. The van der Waals surface area contributed by atoms with Gasteiger partial charge >= 0.3 is 5.97 Å². The number of carboxylic acids is 1. The van der Waals surface area contributed by atoms with Gasteiger partial charge in [0.15, 0.2) is 6.61 Å². The van der Waals surface area contributed by atoms with E-state index in [4.69, 9.17) is 14.6 Å². The second-order valence-corrected chi connectivity index (χ2v) is 11.2. The quantitative estimate of drug-likeness (QED) is 0.318. The van der Waals surface area contributed by atoms with Crippen LogP contribution in [0.4, 0.5) is 4.39 Å². The molecule has 9 nitrogen and oxygen atoms in total. The molecule has 7 rings (SSSR count). The SMILES string of the molecule is O=C(O)Cc1ccc(CN2C[C@@H]3NC(=O)c4cc(ccc4F)-c4cccc(c4)OCC(=O)NCc4ccc(cc4)O[C@H]3C2)cc1. The van der Waals surface area contributed by atoms with Crippen molar-refractivity contribution in [3.8, 4) is 22.6 Å². The monoisotopic (exact) mass is 609 g/mol. The summed E-state index contributed by atoms with van der Waals surface area (Å²) >= 11 is 0. The Bertz CT molecular complexity index is 1710. The van der Waals surface area contributed by atoms with E-state index in [0.29, 0.717) is 54.4 Å². The van der Waals surface area contributed by atoms with E-state index in [0.717, 1.165) is 11.1 Å². The van der Waals surface area contributed by atoms with Gasteiger partial charge in [-0.3, -0.25) is 19.3 Å². The summed E-state index contributed by atoms with van der Waals surface area (Å²) in [6.45, 7) is 1.66. The van der Waals surface area contributed by atoms with Gasteiger partial charge in [0.25, 0.3) is 11.8 Å². The van der Waals surface area contributed by atoms with Gasteiger partial charge in [-0.1, -0.05) is 54.6 Å². The molecule has 0 aliphatic carbocycles. The average Bonchev–Trinajstić information content (AvgIpc) is 3.40. The van der Waals surface area contributed by atoms with Crippen molar-refractivity contribution < 1.29 is 33.4 Å². The summed E-state index contributed by atoms with van der Waals surface area (Å²) in [5, 5.41) is 14.9. The highest BCUT2D eigenvalue weighted by atomic mass is 19.1. The lowest BCUT2D eigenvalue weighted by molar-refractivity contribution is -0.136. The Morgan fingerprint density at radius 2 is 1.64 bits per heavy atom. The maximum Gasteiger partial charge on any atom is 0.307 e. The standard InChI is InChI=1S/C35H32FN3O6/c36-30-13-10-26-16-29(30)35(43)38-31-19-39(18-24-6-4-22(5-7-24)14-34(41)42)20-32(31)45-27-11-8-23(9-12-27)17-37-33(40)21-44-28-3-1-2-25(26)15-28/h1-13,15-16,31-32H,14,17-21H2,(H,37,40)(H,38,43)(H,41,42)/t31-,32-/m0/s1. The minimum atomic E-state index is -0.887. The van der Waals surface area contributed by atoms with Crippen molar-refractivity contribution in [3.63, 3.8) is 0 Å². The molecule has 0 saturated carbocycles. The number of hydrogen-bond acceptors (Lipinski definition) is 6. The lowest BCUT2D eigenvalue weighted by Gasteiger charge is -2.22. The third-order valence-corrected chi connectivity index (χ3v) is 7.89. The van der Waals surface area contributed by atoms with Crippen molar-refractivity contribution in [2.24, 2.45) is 0 Å². The van der Waals surface area contributed by atoms with Gasteiger partial charge in [-0.15, -0.1) is 0 Å². The van der Waals surface area contributed by atoms with Crippen LogP contribution in [-0.4, -0.2) is 59.6 Å². The molecular formula is C35H32FN3O6. The van der Waals surface area contributed by atoms with Crippen molar-refractivity contribution in [2.45, 2.75) is 31.7 Å². The molecule has 3 heterocycles. The van der Waals surface area contributed by atoms with Crippen molar-refractivity contribution in [2.75, 3.05) is 19.7 Å².